The number of ether oxygens (including phenoxy) is 3. The molecule has 0 spiro atoms. The summed E-state index contributed by atoms with van der Waals surface area (Å²) in [6, 6.07) is 11.0. The summed E-state index contributed by atoms with van der Waals surface area (Å²) in [5.74, 6) is 3.45. The van der Waals surface area contributed by atoms with E-state index in [0.29, 0.717) is 33.1 Å². The predicted octanol–water partition coefficient (Wildman–Crippen LogP) is 4.11. The van der Waals surface area contributed by atoms with E-state index in [1.54, 1.807) is 12.1 Å². The molecule has 1 saturated heterocycles. The van der Waals surface area contributed by atoms with Crippen LogP contribution < -0.4 is 19.5 Å². The Balaban J connectivity index is 1.37. The number of carbonyl (C=O) groups is 2. The van der Waals surface area contributed by atoms with Gasteiger partial charge < -0.3 is 19.5 Å². The molecule has 4 rings (SSSR count). The van der Waals surface area contributed by atoms with Crippen molar-refractivity contribution >= 4 is 40.9 Å². The van der Waals surface area contributed by atoms with Gasteiger partial charge in [0, 0.05) is 23.1 Å². The number of anilines is 1. The lowest BCUT2D eigenvalue weighted by Crippen LogP contribution is -2.21. The Kier molecular flexibility index (Phi) is 5.68. The molecule has 0 aliphatic carbocycles. The highest BCUT2D eigenvalue weighted by Crippen LogP contribution is 2.45. The Morgan fingerprint density at radius 1 is 1.11 bits per heavy atom. The molecule has 0 radical (unpaired) electrons. The summed E-state index contributed by atoms with van der Waals surface area (Å²) >= 11 is 3.89. The van der Waals surface area contributed by atoms with Crippen molar-refractivity contribution < 1.29 is 23.8 Å². The molecule has 0 aromatic heterocycles. The van der Waals surface area contributed by atoms with Crippen LogP contribution in [0.3, 0.4) is 0 Å². The molecule has 2 heterocycles. The van der Waals surface area contributed by atoms with E-state index in [9.17, 15) is 9.59 Å². The van der Waals surface area contributed by atoms with Crippen LogP contribution in [0.2, 0.25) is 0 Å². The van der Waals surface area contributed by atoms with Crippen molar-refractivity contribution in [3.63, 3.8) is 0 Å². The summed E-state index contributed by atoms with van der Waals surface area (Å²) in [7, 11) is 0. The van der Waals surface area contributed by atoms with Gasteiger partial charge in [-0.15, -0.1) is 23.5 Å². The standard InChI is InChI=1S/C20H19NO5S2/c1-12(22)15-8-17-18(26-11-25-17)9-16(15)21-19(23)10-24-14-4-2-13(3-5-14)20-27-6-7-28-20/h2-5,8-9,20H,6-7,10-11H2,1H3,(H,21,23). The molecule has 6 nitrogen and oxygen atoms in total. The Labute approximate surface area is 171 Å². The fourth-order valence-electron chi connectivity index (χ4n) is 2.94. The third-order valence-electron chi connectivity index (χ3n) is 4.31. The Morgan fingerprint density at radius 2 is 1.79 bits per heavy atom. The molecule has 146 valence electrons. The van der Waals surface area contributed by atoms with Crippen molar-refractivity contribution in [3.05, 3.63) is 47.5 Å². The van der Waals surface area contributed by atoms with Crippen LogP contribution in [0.1, 0.15) is 27.4 Å². The molecule has 2 aromatic rings. The fourth-order valence-corrected chi connectivity index (χ4v) is 5.80. The zero-order chi connectivity index (χ0) is 19.5. The quantitative estimate of drug-likeness (QED) is 0.709. The Morgan fingerprint density at radius 3 is 2.46 bits per heavy atom. The summed E-state index contributed by atoms with van der Waals surface area (Å²) in [6.07, 6.45) is 0. The SMILES string of the molecule is CC(=O)c1cc2c(cc1NC(=O)COc1ccc(C3SCCS3)cc1)OCO2. The van der Waals surface area contributed by atoms with Crippen molar-refractivity contribution in [1.29, 1.82) is 0 Å². The summed E-state index contributed by atoms with van der Waals surface area (Å²) in [6.45, 7) is 1.38. The van der Waals surface area contributed by atoms with Gasteiger partial charge in [0.1, 0.15) is 5.75 Å². The molecule has 0 atom stereocenters. The van der Waals surface area contributed by atoms with Gasteiger partial charge in [-0.25, -0.2) is 0 Å². The van der Waals surface area contributed by atoms with E-state index < -0.39 is 0 Å². The molecular formula is C20H19NO5S2. The van der Waals surface area contributed by atoms with E-state index in [2.05, 4.69) is 5.32 Å². The van der Waals surface area contributed by atoms with Crippen LogP contribution in [-0.2, 0) is 4.79 Å². The summed E-state index contributed by atoms with van der Waals surface area (Å²) in [4.78, 5) is 24.2. The van der Waals surface area contributed by atoms with Crippen molar-refractivity contribution in [3.8, 4) is 17.2 Å². The average molecular weight is 418 g/mol. The lowest BCUT2D eigenvalue weighted by molar-refractivity contribution is -0.118. The smallest absolute Gasteiger partial charge is 0.262 e. The van der Waals surface area contributed by atoms with Crippen LogP contribution in [-0.4, -0.2) is 36.6 Å². The van der Waals surface area contributed by atoms with Crippen molar-refractivity contribution in [2.75, 3.05) is 30.2 Å². The second kappa shape index (κ2) is 8.36. The number of carbonyl (C=O) groups excluding carboxylic acids is 2. The molecule has 1 amide bonds. The van der Waals surface area contributed by atoms with Gasteiger partial charge in [-0.1, -0.05) is 12.1 Å². The average Bonchev–Trinajstić information content (AvgIpc) is 3.37. The van der Waals surface area contributed by atoms with Gasteiger partial charge in [0.05, 0.1) is 10.3 Å². The first kappa shape index (κ1) is 19.0. The molecule has 0 bridgehead atoms. The predicted molar refractivity (Wildman–Crippen MR) is 111 cm³/mol. The first-order chi connectivity index (χ1) is 13.6. The number of thioether (sulfide) groups is 2. The first-order valence-electron chi connectivity index (χ1n) is 8.80. The number of hydrogen-bond donors (Lipinski definition) is 1. The van der Waals surface area contributed by atoms with Crippen LogP contribution in [0.15, 0.2) is 36.4 Å². The molecule has 0 saturated carbocycles. The fraction of sp³-hybridized carbons (Fsp3) is 0.300. The number of nitrogens with one attached hydrogen (secondary N) is 1. The topological polar surface area (TPSA) is 73.9 Å². The van der Waals surface area contributed by atoms with E-state index in [1.165, 1.54) is 24.0 Å². The van der Waals surface area contributed by atoms with E-state index >= 15 is 0 Å². The first-order valence-corrected chi connectivity index (χ1v) is 10.9. The highest BCUT2D eigenvalue weighted by molar-refractivity contribution is 8.19. The maximum absolute atomic E-state index is 12.3. The molecule has 2 aliphatic rings. The van der Waals surface area contributed by atoms with Gasteiger partial charge in [-0.3, -0.25) is 9.59 Å². The Hall–Kier alpha value is -2.32. The number of hydrogen-bond acceptors (Lipinski definition) is 7. The zero-order valence-electron chi connectivity index (χ0n) is 15.2. The normalized spacial score (nSPS) is 15.5. The van der Waals surface area contributed by atoms with E-state index in [0.717, 1.165) is 0 Å². The number of ketones is 1. The van der Waals surface area contributed by atoms with Gasteiger partial charge in [-0.2, -0.15) is 0 Å². The highest BCUT2D eigenvalue weighted by atomic mass is 32.2. The number of fused-ring (bicyclic) bond motifs is 1. The minimum Gasteiger partial charge on any atom is -0.484 e. The van der Waals surface area contributed by atoms with Crippen molar-refractivity contribution in [1.82, 2.24) is 0 Å². The second-order valence-electron chi connectivity index (χ2n) is 6.29. The molecule has 2 aliphatic heterocycles. The zero-order valence-corrected chi connectivity index (χ0v) is 16.9. The monoisotopic (exact) mass is 417 g/mol. The van der Waals surface area contributed by atoms with E-state index in [1.807, 2.05) is 47.8 Å². The third-order valence-corrected chi connectivity index (χ3v) is 7.41. The minimum atomic E-state index is -0.354. The van der Waals surface area contributed by atoms with Gasteiger partial charge >= 0.3 is 0 Å². The largest absolute Gasteiger partial charge is 0.484 e. The van der Waals surface area contributed by atoms with Crippen LogP contribution >= 0.6 is 23.5 Å². The lowest BCUT2D eigenvalue weighted by atomic mass is 10.1. The highest BCUT2D eigenvalue weighted by Gasteiger charge is 2.21. The van der Waals surface area contributed by atoms with Crippen LogP contribution in [0.5, 0.6) is 17.2 Å². The van der Waals surface area contributed by atoms with E-state index in [4.69, 9.17) is 14.2 Å². The molecule has 2 aromatic carbocycles. The molecule has 0 unspecified atom stereocenters. The summed E-state index contributed by atoms with van der Waals surface area (Å²) < 4.78 is 16.7. The van der Waals surface area contributed by atoms with Gasteiger partial charge in [0.2, 0.25) is 6.79 Å². The van der Waals surface area contributed by atoms with Crippen LogP contribution in [0, 0.1) is 0 Å². The molecule has 8 heteroatoms. The summed E-state index contributed by atoms with van der Waals surface area (Å²) in [5, 5.41) is 2.72. The minimum absolute atomic E-state index is 0.0983. The number of amides is 1. The summed E-state index contributed by atoms with van der Waals surface area (Å²) in [5.41, 5.74) is 2.01. The molecular weight excluding hydrogens is 398 g/mol. The van der Waals surface area contributed by atoms with E-state index in [-0.39, 0.29) is 25.1 Å². The second-order valence-corrected chi connectivity index (χ2v) is 9.01. The third kappa shape index (κ3) is 4.23. The molecule has 1 N–H and O–H groups in total. The van der Waals surface area contributed by atoms with Gasteiger partial charge in [-0.05, 0) is 30.7 Å². The molecule has 1 fully saturated rings. The number of benzene rings is 2. The van der Waals surface area contributed by atoms with Crippen LogP contribution in [0.4, 0.5) is 5.69 Å². The van der Waals surface area contributed by atoms with Crippen molar-refractivity contribution in [2.24, 2.45) is 0 Å². The van der Waals surface area contributed by atoms with Gasteiger partial charge in [0.25, 0.3) is 5.91 Å². The number of rotatable bonds is 6. The van der Waals surface area contributed by atoms with Crippen molar-refractivity contribution in [2.45, 2.75) is 11.5 Å². The maximum Gasteiger partial charge on any atom is 0.262 e. The maximum atomic E-state index is 12.3. The molecule has 28 heavy (non-hydrogen) atoms. The lowest BCUT2D eigenvalue weighted by Gasteiger charge is -2.12. The van der Waals surface area contributed by atoms with Crippen LogP contribution in [0.25, 0.3) is 0 Å². The number of Topliss-reactive ketones (excluding diaryl/α,β-unsaturated/α-hetero) is 1. The van der Waals surface area contributed by atoms with Gasteiger partial charge in [0.15, 0.2) is 23.9 Å². The Bertz CT molecular complexity index is 894.